The van der Waals surface area contributed by atoms with Crippen LogP contribution in [0.1, 0.15) is 137 Å². The lowest BCUT2D eigenvalue weighted by Crippen LogP contribution is -2.46. The van der Waals surface area contributed by atoms with Crippen LogP contribution in [0.4, 0.5) is 28.0 Å². The molecule has 124 heavy (non-hydrogen) atoms. The van der Waals surface area contributed by atoms with E-state index in [1.165, 1.54) is 0 Å². The molecule has 8 amide bonds. The van der Waals surface area contributed by atoms with Gasteiger partial charge in [-0.05, 0) is 122 Å². The van der Waals surface area contributed by atoms with Gasteiger partial charge in [0.25, 0.3) is 0 Å². The van der Waals surface area contributed by atoms with Gasteiger partial charge < -0.3 is 92.9 Å². The molecule has 680 valence electrons. The fourth-order valence-electron chi connectivity index (χ4n) is 8.44. The summed E-state index contributed by atoms with van der Waals surface area (Å²) in [5.41, 5.74) is 4.74. The molecular weight excluding hydrogens is 1650 g/mol. The Morgan fingerprint density at radius 2 is 0.460 bits per heavy atom. The number of benzene rings is 6. The lowest BCUT2D eigenvalue weighted by Gasteiger charge is -2.14. The highest BCUT2D eigenvalue weighted by Crippen LogP contribution is 2.17. The van der Waals surface area contributed by atoms with E-state index in [0.717, 1.165) is 22.3 Å². The Bertz CT molecular complexity index is 3850. The average Bonchev–Trinajstić information content (AvgIpc) is 0.880. The van der Waals surface area contributed by atoms with Crippen LogP contribution in [0.3, 0.4) is 0 Å². The van der Waals surface area contributed by atoms with E-state index in [2.05, 4.69) is 42.5 Å². The number of carbonyl (C=O) groups is 14. The third kappa shape index (κ3) is 71.8. The summed E-state index contributed by atoms with van der Waals surface area (Å²) in [6, 6.07) is 42.2. The zero-order valence-corrected chi connectivity index (χ0v) is 66.9. The highest BCUT2D eigenvalue weighted by atomic mass is 19.1. The van der Waals surface area contributed by atoms with Crippen molar-refractivity contribution in [1.82, 2.24) is 42.5 Å². The second-order valence-electron chi connectivity index (χ2n) is 22.0. The van der Waals surface area contributed by atoms with Crippen molar-refractivity contribution < 1.29 is 165 Å². The number of urea groups is 4. The van der Waals surface area contributed by atoms with E-state index in [1.54, 1.807) is 109 Å². The normalized spacial score (nSPS) is 9.74. The van der Waals surface area contributed by atoms with Crippen LogP contribution in [0.15, 0.2) is 170 Å². The number of amides is 8. The molecule has 6 rings (SSSR count). The lowest BCUT2D eigenvalue weighted by molar-refractivity contribution is -0.193. The smallest absolute Gasteiger partial charge is 0.373 e. The van der Waals surface area contributed by atoms with E-state index in [1.807, 2.05) is 88.4 Å². The predicted molar refractivity (Wildman–Crippen MR) is 433 cm³/mol. The van der Waals surface area contributed by atoms with Crippen LogP contribution < -0.4 is 52.0 Å². The number of carbonyl (C=O) groups excluding carboxylic acids is 14. The average molecular weight is 1750 g/mol. The number of aliphatic carboxylic acids is 8. The molecule has 4 atom stereocenters. The third-order valence-corrected chi connectivity index (χ3v) is 13.8. The van der Waals surface area contributed by atoms with Crippen molar-refractivity contribution in [3.05, 3.63) is 203 Å². The molecule has 0 fully saturated rings. The number of alkyl halides is 2. The number of hydrogen-bond acceptors (Lipinski definition) is 24. The van der Waals surface area contributed by atoms with Crippen molar-refractivity contribution in [2.45, 2.75) is 144 Å². The van der Waals surface area contributed by atoms with Gasteiger partial charge in [0.15, 0.2) is 0 Å². The van der Waals surface area contributed by atoms with Crippen LogP contribution in [0.5, 0.6) is 11.5 Å². The minimum atomic E-state index is -1.30. The highest BCUT2D eigenvalue weighted by Gasteiger charge is 2.24. The minimum Gasteiger partial charge on any atom is -0.481 e. The molecule has 16 N–H and O–H groups in total. The SMILES string of the molecule is C.C.CC.CC.CF.CF.O=C(O)CC[C@H](NC(=O)NCCc1ccc(OC(=O)c2ccccc2)cc1)C(=O)O.O=C(O)CC[C@H](NC(=O)NCCc1ccc(OC(=O)c2ccccc2)cc1)C(=O)O.O=C(O)CC[C@H](NC(=O)NCCc1ccccc1)C(=O)O.O=C(O)CC[C@H](NC(=O)NCCc1ccccc1)C(=O)O.O=C=O.O=C=O.O=C=O.O=C=O. The molecule has 0 aliphatic heterocycles. The number of esters is 2. The quantitative estimate of drug-likeness (QED) is 0.0131. The summed E-state index contributed by atoms with van der Waals surface area (Å²) in [6.45, 7) is 9.20. The van der Waals surface area contributed by atoms with Crippen molar-refractivity contribution in [3.8, 4) is 11.5 Å². The van der Waals surface area contributed by atoms with Gasteiger partial charge in [-0.15, -0.1) is 0 Å². The number of halogens is 2. The number of rotatable bonds is 36. The summed E-state index contributed by atoms with van der Waals surface area (Å²) in [7, 11) is 1.00. The molecule has 6 aromatic carbocycles. The molecule has 0 radical (unpaired) electrons. The van der Waals surface area contributed by atoms with E-state index in [4.69, 9.17) is 88.7 Å². The van der Waals surface area contributed by atoms with Crippen molar-refractivity contribution in [1.29, 1.82) is 0 Å². The largest absolute Gasteiger partial charge is 0.481 e. The summed E-state index contributed by atoms with van der Waals surface area (Å²) < 4.78 is 29.6. The highest BCUT2D eigenvalue weighted by molar-refractivity contribution is 5.92. The Labute approximate surface area is 711 Å². The van der Waals surface area contributed by atoms with E-state index < -0.39 is 108 Å². The first-order valence-corrected chi connectivity index (χ1v) is 35.8. The van der Waals surface area contributed by atoms with Crippen LogP contribution in [0, 0.1) is 0 Å². The molecular formula is C82H106F2N8O32. The second kappa shape index (κ2) is 84.0. The fourth-order valence-corrected chi connectivity index (χ4v) is 8.44. The van der Waals surface area contributed by atoms with Crippen LogP contribution in [0.25, 0.3) is 0 Å². The van der Waals surface area contributed by atoms with Crippen LogP contribution in [0.2, 0.25) is 0 Å². The number of nitrogens with one attached hydrogen (secondary N) is 8. The molecule has 42 heteroatoms. The first-order valence-electron chi connectivity index (χ1n) is 35.8. The Hall–Kier alpha value is -15.5. The van der Waals surface area contributed by atoms with Gasteiger partial charge >= 0.3 is 108 Å². The summed E-state index contributed by atoms with van der Waals surface area (Å²) in [5.74, 6) is -9.73. The second-order valence-corrected chi connectivity index (χ2v) is 22.0. The maximum absolute atomic E-state index is 12.0. The van der Waals surface area contributed by atoms with Crippen LogP contribution >= 0.6 is 0 Å². The molecule has 0 heterocycles. The number of carboxylic acid groups (broad SMARTS) is 8. The monoisotopic (exact) mass is 1750 g/mol. The minimum absolute atomic E-state index is 0. The van der Waals surface area contributed by atoms with E-state index in [-0.39, 0.29) is 104 Å². The molecule has 0 saturated heterocycles. The van der Waals surface area contributed by atoms with E-state index in [0.29, 0.717) is 75.8 Å². The predicted octanol–water partition coefficient (Wildman–Crippen LogP) is 7.99. The third-order valence-electron chi connectivity index (χ3n) is 13.8. The Morgan fingerprint density at radius 3 is 0.629 bits per heavy atom. The van der Waals surface area contributed by atoms with Gasteiger partial charge in [0, 0.05) is 51.9 Å². The summed E-state index contributed by atoms with van der Waals surface area (Å²) >= 11 is 0. The zero-order valence-electron chi connectivity index (χ0n) is 66.9. The number of hydrogen-bond donors (Lipinski definition) is 16. The topological polar surface area (TPSA) is 652 Å². The lowest BCUT2D eigenvalue weighted by atomic mass is 10.1. The molecule has 0 aliphatic carbocycles. The van der Waals surface area contributed by atoms with Gasteiger partial charge in [-0.2, -0.15) is 38.4 Å². The van der Waals surface area contributed by atoms with Gasteiger partial charge in [-0.1, -0.05) is 164 Å². The number of carboxylic acids is 8. The van der Waals surface area contributed by atoms with Gasteiger partial charge in [-0.25, -0.2) is 47.9 Å². The zero-order chi connectivity index (χ0) is 94.0. The van der Waals surface area contributed by atoms with Gasteiger partial charge in [0.05, 0.1) is 25.5 Å². The molecule has 6 aromatic rings. The molecule has 0 saturated carbocycles. The summed E-state index contributed by atoms with van der Waals surface area (Å²) in [5, 5.41) is 89.3. The maximum Gasteiger partial charge on any atom is 0.373 e. The first kappa shape index (κ1) is 124. The molecule has 0 bridgehead atoms. The van der Waals surface area contributed by atoms with E-state index in [9.17, 15) is 75.9 Å². The van der Waals surface area contributed by atoms with E-state index >= 15 is 0 Å². The van der Waals surface area contributed by atoms with Crippen molar-refractivity contribution in [3.63, 3.8) is 0 Å². The Kier molecular flexibility index (Phi) is 84.0. The standard InChI is InChI=1S/2C21H22N2O7.2C14H18N2O5.2C2H6.2CH3F.4CO2.2CH4/c2*24-18(25)11-10-17(19(26)27)23-21(29)22-13-12-14-6-8-16(9-7-14)30-20(28)15-4-2-1-3-5-15;2*17-12(18)7-6-11(13(19)20)16-14(21)15-9-8-10-4-2-1-3-5-10;4*1-2;4*2-1-3;;/h2*1-9,17H,10-13H2,(H,24,25)(H,26,27)(H2,22,23,29);2*1-5,11H,6-9H2,(H,17,18)(H,19,20)(H2,15,16,21);2*1-2H3;2*1H3;;;;;2*1H4/t2*17-;2*11-;;;;;;;;;;/m0000........../s1. The Balaban J connectivity index is -0.000000225. The molecule has 0 aliphatic rings. The summed E-state index contributed by atoms with van der Waals surface area (Å²) in [4.78, 5) is 222. The fraction of sp³-hybridized carbons (Fsp3) is 0.341. The molecule has 40 nitrogen and oxygen atoms in total. The molecule has 0 aromatic heterocycles. The molecule has 0 unspecified atom stereocenters. The van der Waals surface area contributed by atoms with Gasteiger partial charge in [0.2, 0.25) is 0 Å². The number of ether oxygens (including phenoxy) is 2. The van der Waals surface area contributed by atoms with Crippen molar-refractivity contribution in [2.24, 2.45) is 0 Å². The maximum atomic E-state index is 12.0. The van der Waals surface area contributed by atoms with Crippen LogP contribution in [-0.2, 0) is 102 Å². The van der Waals surface area contributed by atoms with Crippen molar-refractivity contribution >= 4 is 108 Å². The van der Waals surface area contributed by atoms with Gasteiger partial charge in [-0.3, -0.25) is 28.0 Å². The van der Waals surface area contributed by atoms with Gasteiger partial charge in [0.1, 0.15) is 35.7 Å². The van der Waals surface area contributed by atoms with Crippen LogP contribution in [-0.4, -0.2) is 214 Å². The Morgan fingerprint density at radius 1 is 0.290 bits per heavy atom. The summed E-state index contributed by atoms with van der Waals surface area (Å²) in [6.07, 6.45) is 1.10. The first-order chi connectivity index (χ1) is 58.3. The van der Waals surface area contributed by atoms with Crippen molar-refractivity contribution in [2.75, 3.05) is 40.5 Å². The molecule has 0 spiro atoms.